The molecule has 1 heterocycles. The van der Waals surface area contributed by atoms with Crippen molar-refractivity contribution in [3.05, 3.63) is 0 Å². The highest BCUT2D eigenvalue weighted by molar-refractivity contribution is 5.81. The van der Waals surface area contributed by atoms with E-state index in [0.29, 0.717) is 0 Å². The Bertz CT molecular complexity index is 673. The van der Waals surface area contributed by atoms with Gasteiger partial charge >= 0.3 is 5.97 Å². The number of ketones is 1. The van der Waals surface area contributed by atoms with Crippen molar-refractivity contribution < 1.29 is 39.9 Å². The summed E-state index contributed by atoms with van der Waals surface area (Å²) in [5.41, 5.74) is -5.51. The van der Waals surface area contributed by atoms with Gasteiger partial charge in [0.1, 0.15) is 17.5 Å². The van der Waals surface area contributed by atoms with E-state index in [4.69, 9.17) is 4.74 Å². The van der Waals surface area contributed by atoms with E-state index in [0.717, 1.165) is 0 Å². The summed E-state index contributed by atoms with van der Waals surface area (Å²) in [5.74, 6) is -2.43. The van der Waals surface area contributed by atoms with Crippen LogP contribution in [-0.2, 0) is 14.3 Å². The summed E-state index contributed by atoms with van der Waals surface area (Å²) in [5, 5.41) is 53.2. The molecule has 28 heavy (non-hydrogen) atoms. The molecule has 2 bridgehead atoms. The fourth-order valence-corrected chi connectivity index (χ4v) is 6.22. The minimum absolute atomic E-state index is 0.0382. The fourth-order valence-electron chi connectivity index (χ4n) is 6.22. The predicted molar refractivity (Wildman–Crippen MR) is 96.9 cm³/mol. The molecule has 1 saturated heterocycles. The molecule has 8 atom stereocenters. The zero-order valence-electron chi connectivity index (χ0n) is 16.9. The lowest BCUT2D eigenvalue weighted by Gasteiger charge is -2.48. The van der Waals surface area contributed by atoms with Crippen LogP contribution < -0.4 is 0 Å². The van der Waals surface area contributed by atoms with Crippen molar-refractivity contribution in [1.29, 1.82) is 0 Å². The normalized spacial score (nSPS) is 49.9. The van der Waals surface area contributed by atoms with E-state index in [1.165, 1.54) is 13.8 Å². The molecule has 0 spiro atoms. The third-order valence-electron chi connectivity index (χ3n) is 7.84. The molecule has 0 aromatic heterocycles. The second-order valence-corrected chi connectivity index (χ2v) is 9.82. The summed E-state index contributed by atoms with van der Waals surface area (Å²) in [4.78, 5) is 24.9. The van der Waals surface area contributed by atoms with Gasteiger partial charge in [-0.2, -0.15) is 0 Å². The van der Waals surface area contributed by atoms with E-state index in [1.54, 1.807) is 13.8 Å². The minimum atomic E-state index is -1.69. The van der Waals surface area contributed by atoms with Gasteiger partial charge < -0.3 is 30.3 Å². The Morgan fingerprint density at radius 2 is 1.82 bits per heavy atom. The van der Waals surface area contributed by atoms with E-state index in [-0.39, 0.29) is 38.1 Å². The van der Waals surface area contributed by atoms with Gasteiger partial charge in [-0.15, -0.1) is 0 Å². The van der Waals surface area contributed by atoms with Crippen molar-refractivity contribution in [2.24, 2.45) is 22.7 Å². The van der Waals surface area contributed by atoms with E-state index in [1.807, 2.05) is 0 Å². The average molecular weight is 400 g/mol. The van der Waals surface area contributed by atoms with Gasteiger partial charge in [0.15, 0.2) is 0 Å². The van der Waals surface area contributed by atoms with Gasteiger partial charge in [0.05, 0.1) is 23.2 Å². The van der Waals surface area contributed by atoms with Gasteiger partial charge in [-0.25, -0.2) is 0 Å². The molecule has 8 nitrogen and oxygen atoms in total. The molecule has 0 aromatic rings. The minimum Gasteiger partial charge on any atom is -0.459 e. The summed E-state index contributed by atoms with van der Waals surface area (Å²) in [6, 6.07) is 0. The molecule has 8 heteroatoms. The Labute approximate surface area is 164 Å². The molecule has 3 rings (SSSR count). The van der Waals surface area contributed by atoms with Gasteiger partial charge in [-0.1, -0.05) is 0 Å². The quantitative estimate of drug-likeness (QED) is 0.390. The number of cyclic esters (lactones) is 1. The molecule has 1 aliphatic heterocycles. The number of ether oxygens (including phenoxy) is 1. The molecule has 0 radical (unpaired) electrons. The van der Waals surface area contributed by atoms with Gasteiger partial charge in [0.2, 0.25) is 0 Å². The van der Waals surface area contributed by atoms with E-state index in [9.17, 15) is 35.1 Å². The largest absolute Gasteiger partial charge is 0.459 e. The third kappa shape index (κ3) is 2.69. The van der Waals surface area contributed by atoms with Crippen molar-refractivity contribution in [2.75, 3.05) is 6.61 Å². The standard InChI is InChI=1S/C20H32O8/c1-10(22)11-7-12(23)14-15(24)19(11,9-18(14,4)26)8-13-20(27,5-6-21)17(2,3)16(25)28-13/h11-15,21,23-24,26-27H,5-9H2,1-4H3/t11-,12-,13?,14?,15-,18-,19?,20+/m1/s1. The zero-order chi connectivity index (χ0) is 21.3. The number of Topliss-reactive ketones (excluding diaryl/α,β-unsaturated/α-hetero) is 1. The number of rotatable bonds is 5. The van der Waals surface area contributed by atoms with Crippen LogP contribution in [0.5, 0.6) is 0 Å². The van der Waals surface area contributed by atoms with Crippen LogP contribution in [0.4, 0.5) is 0 Å². The number of carbonyl (C=O) groups excluding carboxylic acids is 2. The highest BCUT2D eigenvalue weighted by atomic mass is 16.6. The zero-order valence-corrected chi connectivity index (χ0v) is 16.9. The lowest BCUT2D eigenvalue weighted by atomic mass is 9.59. The number of aliphatic hydroxyl groups excluding tert-OH is 3. The summed E-state index contributed by atoms with van der Waals surface area (Å²) >= 11 is 0. The Morgan fingerprint density at radius 3 is 2.36 bits per heavy atom. The Hall–Kier alpha value is -1.06. The molecular formula is C20H32O8. The molecule has 160 valence electrons. The molecule has 0 amide bonds. The molecule has 0 aromatic carbocycles. The SMILES string of the molecule is CC(=O)[C@H]1C[C@@H](O)C2[C@@H](O)C1(CC1OC(=O)C(C)(C)[C@]1(O)CCO)C[C@@]2(C)O. The Morgan fingerprint density at radius 1 is 1.21 bits per heavy atom. The first kappa shape index (κ1) is 21.6. The van der Waals surface area contributed by atoms with Gasteiger partial charge in [0, 0.05) is 30.3 Å². The van der Waals surface area contributed by atoms with Gasteiger partial charge in [0.25, 0.3) is 0 Å². The van der Waals surface area contributed by atoms with Crippen molar-refractivity contribution in [2.45, 2.75) is 82.9 Å². The number of fused-ring (bicyclic) bond motifs is 2. The fraction of sp³-hybridized carbons (Fsp3) is 0.900. The molecule has 5 N–H and O–H groups in total. The summed E-state index contributed by atoms with van der Waals surface area (Å²) in [7, 11) is 0. The average Bonchev–Trinajstić information content (AvgIpc) is 2.80. The van der Waals surface area contributed by atoms with Crippen LogP contribution in [0.15, 0.2) is 0 Å². The lowest BCUT2D eigenvalue weighted by Crippen LogP contribution is -2.57. The molecule has 3 unspecified atom stereocenters. The summed E-state index contributed by atoms with van der Waals surface area (Å²) in [6.07, 6.45) is -3.29. The van der Waals surface area contributed by atoms with Crippen LogP contribution in [0.1, 0.15) is 53.4 Å². The molecule has 3 aliphatic rings. The lowest BCUT2D eigenvalue weighted by molar-refractivity contribution is -0.163. The van der Waals surface area contributed by atoms with Crippen LogP contribution in [0.25, 0.3) is 0 Å². The molecular weight excluding hydrogens is 368 g/mol. The predicted octanol–water partition coefficient (Wildman–Crippen LogP) is -0.470. The van der Waals surface area contributed by atoms with Gasteiger partial charge in [-0.05, 0) is 47.0 Å². The van der Waals surface area contributed by atoms with E-state index in [2.05, 4.69) is 0 Å². The first-order chi connectivity index (χ1) is 12.7. The number of hydrogen-bond donors (Lipinski definition) is 5. The van der Waals surface area contributed by atoms with Crippen LogP contribution in [0.2, 0.25) is 0 Å². The second-order valence-electron chi connectivity index (χ2n) is 9.82. The molecule has 2 aliphatic carbocycles. The van der Waals surface area contributed by atoms with E-state index < -0.39 is 58.1 Å². The van der Waals surface area contributed by atoms with Crippen molar-refractivity contribution in [3.8, 4) is 0 Å². The van der Waals surface area contributed by atoms with Crippen LogP contribution in [0.3, 0.4) is 0 Å². The second kappa shape index (κ2) is 6.47. The highest BCUT2D eigenvalue weighted by Gasteiger charge is 2.71. The Balaban J connectivity index is 2.05. The maximum Gasteiger partial charge on any atom is 0.314 e. The Kier molecular flexibility index (Phi) is 5.00. The summed E-state index contributed by atoms with van der Waals surface area (Å²) < 4.78 is 5.50. The smallest absolute Gasteiger partial charge is 0.314 e. The molecule has 2 saturated carbocycles. The first-order valence-electron chi connectivity index (χ1n) is 9.88. The number of carbonyl (C=O) groups is 2. The van der Waals surface area contributed by atoms with Gasteiger partial charge in [-0.3, -0.25) is 9.59 Å². The number of hydrogen-bond acceptors (Lipinski definition) is 8. The summed E-state index contributed by atoms with van der Waals surface area (Å²) in [6.45, 7) is 5.62. The van der Waals surface area contributed by atoms with Crippen molar-refractivity contribution >= 4 is 11.8 Å². The van der Waals surface area contributed by atoms with Crippen molar-refractivity contribution in [3.63, 3.8) is 0 Å². The number of esters is 1. The number of aliphatic hydroxyl groups is 5. The maximum absolute atomic E-state index is 12.4. The van der Waals surface area contributed by atoms with Crippen LogP contribution >= 0.6 is 0 Å². The van der Waals surface area contributed by atoms with E-state index >= 15 is 0 Å². The van der Waals surface area contributed by atoms with Crippen LogP contribution in [0, 0.1) is 22.7 Å². The van der Waals surface area contributed by atoms with Crippen molar-refractivity contribution in [1.82, 2.24) is 0 Å². The first-order valence-corrected chi connectivity index (χ1v) is 9.88. The third-order valence-corrected chi connectivity index (χ3v) is 7.84. The van der Waals surface area contributed by atoms with Crippen LogP contribution in [-0.4, -0.2) is 73.4 Å². The monoisotopic (exact) mass is 400 g/mol. The molecule has 3 fully saturated rings. The topological polar surface area (TPSA) is 145 Å². The maximum atomic E-state index is 12.4. The highest BCUT2D eigenvalue weighted by Crippen LogP contribution is 2.63.